The summed E-state index contributed by atoms with van der Waals surface area (Å²) in [6.07, 6.45) is 1.53. The maximum atomic E-state index is 13.0. The third kappa shape index (κ3) is 3.72. The SMILES string of the molecule is Cc1nc(CN2CCN(C(=O)[C@@H]3CCOc4ccccc4C3)CC2)no1. The van der Waals surface area contributed by atoms with E-state index >= 15 is 0 Å². The average Bonchev–Trinajstić information content (AvgIpc) is 2.94. The zero-order valence-electron chi connectivity index (χ0n) is 15.1. The van der Waals surface area contributed by atoms with Crippen molar-refractivity contribution in [2.75, 3.05) is 32.8 Å². The summed E-state index contributed by atoms with van der Waals surface area (Å²) in [6, 6.07) is 8.03. The molecular weight excluding hydrogens is 332 g/mol. The molecule has 0 radical (unpaired) electrons. The van der Waals surface area contributed by atoms with Gasteiger partial charge in [0.05, 0.1) is 13.2 Å². The second-order valence-corrected chi connectivity index (χ2v) is 6.98. The Morgan fingerprint density at radius 2 is 2.04 bits per heavy atom. The van der Waals surface area contributed by atoms with Gasteiger partial charge in [0.1, 0.15) is 5.75 Å². The monoisotopic (exact) mass is 356 g/mol. The summed E-state index contributed by atoms with van der Waals surface area (Å²) in [7, 11) is 0. The predicted octanol–water partition coefficient (Wildman–Crippen LogP) is 1.66. The molecule has 1 fully saturated rings. The Bertz CT molecular complexity index is 768. The van der Waals surface area contributed by atoms with Crippen LogP contribution in [-0.2, 0) is 17.8 Å². The summed E-state index contributed by atoms with van der Waals surface area (Å²) in [5.41, 5.74) is 1.13. The molecule has 138 valence electrons. The van der Waals surface area contributed by atoms with Crippen LogP contribution in [0.5, 0.6) is 5.75 Å². The van der Waals surface area contributed by atoms with E-state index in [1.807, 2.05) is 23.1 Å². The number of piperazine rings is 1. The van der Waals surface area contributed by atoms with E-state index in [0.29, 0.717) is 24.9 Å². The first-order valence-corrected chi connectivity index (χ1v) is 9.20. The first-order valence-electron chi connectivity index (χ1n) is 9.20. The van der Waals surface area contributed by atoms with Crippen molar-refractivity contribution < 1.29 is 14.1 Å². The van der Waals surface area contributed by atoms with Gasteiger partial charge in [-0.25, -0.2) is 0 Å². The van der Waals surface area contributed by atoms with Crippen molar-refractivity contribution in [2.24, 2.45) is 5.92 Å². The average molecular weight is 356 g/mol. The van der Waals surface area contributed by atoms with E-state index in [-0.39, 0.29) is 11.8 Å². The lowest BCUT2D eigenvalue weighted by atomic mass is 9.95. The predicted molar refractivity (Wildman–Crippen MR) is 94.6 cm³/mol. The topological polar surface area (TPSA) is 71.7 Å². The van der Waals surface area contributed by atoms with Crippen molar-refractivity contribution in [2.45, 2.75) is 26.3 Å². The Hall–Kier alpha value is -2.41. The fourth-order valence-corrected chi connectivity index (χ4v) is 3.69. The van der Waals surface area contributed by atoms with E-state index in [9.17, 15) is 4.79 Å². The maximum absolute atomic E-state index is 13.0. The van der Waals surface area contributed by atoms with Crippen LogP contribution in [0.15, 0.2) is 28.8 Å². The number of rotatable bonds is 3. The summed E-state index contributed by atoms with van der Waals surface area (Å²) in [5.74, 6) is 2.47. The number of hydrogen-bond acceptors (Lipinski definition) is 6. The second-order valence-electron chi connectivity index (χ2n) is 6.98. The number of aromatic nitrogens is 2. The Labute approximate surface area is 152 Å². The van der Waals surface area contributed by atoms with Gasteiger partial charge in [0.25, 0.3) is 0 Å². The molecule has 1 aromatic carbocycles. The van der Waals surface area contributed by atoms with Crippen LogP contribution >= 0.6 is 0 Å². The largest absolute Gasteiger partial charge is 0.493 e. The zero-order valence-corrected chi connectivity index (χ0v) is 15.1. The third-order valence-electron chi connectivity index (χ3n) is 5.13. The van der Waals surface area contributed by atoms with Crippen LogP contribution < -0.4 is 4.74 Å². The van der Waals surface area contributed by atoms with Gasteiger partial charge >= 0.3 is 0 Å². The highest BCUT2D eigenvalue weighted by Gasteiger charge is 2.30. The van der Waals surface area contributed by atoms with Crippen molar-refractivity contribution in [1.29, 1.82) is 0 Å². The van der Waals surface area contributed by atoms with Gasteiger partial charge in [-0.05, 0) is 24.5 Å². The van der Waals surface area contributed by atoms with Gasteiger partial charge in [0.15, 0.2) is 5.82 Å². The standard InChI is InChI=1S/C19H24N4O3/c1-14-20-18(21-26-14)13-22-7-9-23(10-8-22)19(24)16-6-11-25-17-5-3-2-4-15(17)12-16/h2-5,16H,6-13H2,1H3/t16-/m1/s1. The number of fused-ring (bicyclic) bond motifs is 1. The molecule has 7 nitrogen and oxygen atoms in total. The molecule has 1 aromatic heterocycles. The normalized spacial score (nSPS) is 21.0. The van der Waals surface area contributed by atoms with Crippen LogP contribution in [0.2, 0.25) is 0 Å². The molecule has 0 aliphatic carbocycles. The molecule has 7 heteroatoms. The fourth-order valence-electron chi connectivity index (χ4n) is 3.69. The van der Waals surface area contributed by atoms with E-state index in [0.717, 1.165) is 50.3 Å². The smallest absolute Gasteiger partial charge is 0.226 e. The van der Waals surface area contributed by atoms with Gasteiger partial charge in [-0.3, -0.25) is 9.69 Å². The molecule has 4 rings (SSSR count). The highest BCUT2D eigenvalue weighted by atomic mass is 16.5. The molecule has 1 amide bonds. The molecule has 0 spiro atoms. The maximum Gasteiger partial charge on any atom is 0.226 e. The third-order valence-corrected chi connectivity index (χ3v) is 5.13. The molecule has 26 heavy (non-hydrogen) atoms. The summed E-state index contributed by atoms with van der Waals surface area (Å²) in [5, 5.41) is 3.95. The summed E-state index contributed by atoms with van der Waals surface area (Å²) in [6.45, 7) is 6.22. The molecule has 2 aliphatic heterocycles. The quantitative estimate of drug-likeness (QED) is 0.833. The van der Waals surface area contributed by atoms with Crippen LogP contribution in [0.3, 0.4) is 0 Å². The molecular formula is C19H24N4O3. The Kier molecular flexibility index (Phi) is 4.88. The van der Waals surface area contributed by atoms with Crippen LogP contribution in [0.1, 0.15) is 23.7 Å². The number of carbonyl (C=O) groups is 1. The fraction of sp³-hybridized carbons (Fsp3) is 0.526. The van der Waals surface area contributed by atoms with Gasteiger partial charge in [0.2, 0.25) is 11.8 Å². The molecule has 0 unspecified atom stereocenters. The highest BCUT2D eigenvalue weighted by molar-refractivity contribution is 5.79. The number of carbonyl (C=O) groups excluding carboxylic acids is 1. The van der Waals surface area contributed by atoms with E-state index in [4.69, 9.17) is 9.26 Å². The minimum Gasteiger partial charge on any atom is -0.493 e. The van der Waals surface area contributed by atoms with Crippen molar-refractivity contribution in [3.63, 3.8) is 0 Å². The number of para-hydroxylation sites is 1. The van der Waals surface area contributed by atoms with Gasteiger partial charge < -0.3 is 14.2 Å². The Balaban J connectivity index is 1.33. The number of aryl methyl sites for hydroxylation is 1. The van der Waals surface area contributed by atoms with Gasteiger partial charge in [-0.1, -0.05) is 23.4 Å². The van der Waals surface area contributed by atoms with Crippen LogP contribution in [-0.4, -0.2) is 58.6 Å². The van der Waals surface area contributed by atoms with E-state index in [1.165, 1.54) is 0 Å². The lowest BCUT2D eigenvalue weighted by Gasteiger charge is -2.35. The molecule has 1 atom stereocenters. The zero-order chi connectivity index (χ0) is 17.9. The first kappa shape index (κ1) is 17.0. The van der Waals surface area contributed by atoms with Crippen molar-refractivity contribution >= 4 is 5.91 Å². The number of amides is 1. The van der Waals surface area contributed by atoms with E-state index < -0.39 is 0 Å². The molecule has 2 aromatic rings. The van der Waals surface area contributed by atoms with E-state index in [1.54, 1.807) is 6.92 Å². The molecule has 0 bridgehead atoms. The van der Waals surface area contributed by atoms with Gasteiger partial charge in [-0.2, -0.15) is 4.98 Å². The molecule has 2 aliphatic rings. The van der Waals surface area contributed by atoms with E-state index in [2.05, 4.69) is 21.1 Å². The lowest BCUT2D eigenvalue weighted by Crippen LogP contribution is -2.50. The molecule has 1 saturated heterocycles. The second kappa shape index (κ2) is 7.45. The van der Waals surface area contributed by atoms with Crippen LogP contribution in [0.4, 0.5) is 0 Å². The summed E-state index contributed by atoms with van der Waals surface area (Å²) in [4.78, 5) is 21.5. The highest BCUT2D eigenvalue weighted by Crippen LogP contribution is 2.27. The van der Waals surface area contributed by atoms with Gasteiger partial charge in [-0.15, -0.1) is 0 Å². The molecule has 3 heterocycles. The van der Waals surface area contributed by atoms with Crippen LogP contribution in [0, 0.1) is 12.8 Å². The van der Waals surface area contributed by atoms with Crippen molar-refractivity contribution in [1.82, 2.24) is 19.9 Å². The minimum atomic E-state index is 0.00468. The Morgan fingerprint density at radius 3 is 2.81 bits per heavy atom. The van der Waals surface area contributed by atoms with Gasteiger partial charge in [0, 0.05) is 39.0 Å². The first-order chi connectivity index (χ1) is 12.7. The number of benzene rings is 1. The van der Waals surface area contributed by atoms with Crippen molar-refractivity contribution in [3.05, 3.63) is 41.5 Å². The Morgan fingerprint density at radius 1 is 1.23 bits per heavy atom. The number of nitrogens with zero attached hydrogens (tertiary/aromatic N) is 4. The lowest BCUT2D eigenvalue weighted by molar-refractivity contribution is -0.137. The van der Waals surface area contributed by atoms with Crippen LogP contribution in [0.25, 0.3) is 0 Å². The molecule has 0 N–H and O–H groups in total. The summed E-state index contributed by atoms with van der Waals surface area (Å²) < 4.78 is 10.8. The number of hydrogen-bond donors (Lipinski definition) is 0. The minimum absolute atomic E-state index is 0.00468. The summed E-state index contributed by atoms with van der Waals surface area (Å²) >= 11 is 0. The van der Waals surface area contributed by atoms with Crippen molar-refractivity contribution in [3.8, 4) is 5.75 Å². The number of ether oxygens (including phenoxy) is 1. The molecule has 0 saturated carbocycles.